The largest absolute Gasteiger partial charge is 0.494 e. The number of para-hydroxylation sites is 1. The number of carbonyl (C=O) groups is 1. The molecule has 0 spiro atoms. The van der Waals surface area contributed by atoms with E-state index in [1.807, 2.05) is 42.2 Å². The number of carbonyl (C=O) groups excluding carboxylic acids is 1. The van der Waals surface area contributed by atoms with Crippen molar-refractivity contribution in [3.63, 3.8) is 0 Å². The van der Waals surface area contributed by atoms with E-state index in [0.29, 0.717) is 6.54 Å². The van der Waals surface area contributed by atoms with Gasteiger partial charge < -0.3 is 9.64 Å². The van der Waals surface area contributed by atoms with Gasteiger partial charge in [-0.25, -0.2) is 0 Å². The maximum absolute atomic E-state index is 11.9. The third kappa shape index (κ3) is 4.20. The Hall–Kier alpha value is -2.33. The van der Waals surface area contributed by atoms with E-state index in [9.17, 15) is 4.79 Å². The van der Waals surface area contributed by atoms with Crippen molar-refractivity contribution in [3.8, 4) is 5.75 Å². The average Bonchev–Trinajstić information content (AvgIpc) is 3.04. The number of nitrogens with zero attached hydrogens (tertiary/aromatic N) is 2. The van der Waals surface area contributed by atoms with E-state index in [1.54, 1.807) is 6.92 Å². The van der Waals surface area contributed by atoms with Crippen LogP contribution < -0.4 is 9.64 Å². The molecule has 0 aliphatic carbocycles. The topological polar surface area (TPSA) is 32.8 Å². The lowest BCUT2D eigenvalue weighted by molar-refractivity contribution is -0.116. The highest BCUT2D eigenvalue weighted by Gasteiger charge is 2.24. The monoisotopic (exact) mass is 338 g/mol. The first-order valence-electron chi connectivity index (χ1n) is 8.98. The summed E-state index contributed by atoms with van der Waals surface area (Å²) in [5, 5.41) is 0. The Morgan fingerprint density at radius 2 is 1.92 bits per heavy atom. The molecule has 0 bridgehead atoms. The summed E-state index contributed by atoms with van der Waals surface area (Å²) in [6.07, 6.45) is 0.989. The molecule has 1 aliphatic heterocycles. The van der Waals surface area contributed by atoms with Gasteiger partial charge in [-0.15, -0.1) is 0 Å². The molecular weight excluding hydrogens is 312 g/mol. The summed E-state index contributed by atoms with van der Waals surface area (Å²) in [6, 6.07) is 16.2. The first kappa shape index (κ1) is 17.5. The number of rotatable bonds is 7. The molecule has 1 heterocycles. The first-order chi connectivity index (χ1) is 12.2. The molecule has 4 heteroatoms. The number of ether oxygens (including phenoxy) is 1. The van der Waals surface area contributed by atoms with E-state index >= 15 is 0 Å². The van der Waals surface area contributed by atoms with Crippen LogP contribution in [0.25, 0.3) is 0 Å². The van der Waals surface area contributed by atoms with Crippen LogP contribution in [0.2, 0.25) is 0 Å². The fourth-order valence-corrected chi connectivity index (χ4v) is 3.44. The lowest BCUT2D eigenvalue weighted by Gasteiger charge is -2.22. The molecule has 0 unspecified atom stereocenters. The van der Waals surface area contributed by atoms with E-state index in [2.05, 4.69) is 23.1 Å². The molecule has 0 fully saturated rings. The Morgan fingerprint density at radius 3 is 2.64 bits per heavy atom. The quantitative estimate of drug-likeness (QED) is 0.719. The van der Waals surface area contributed by atoms with Crippen LogP contribution in [0.1, 0.15) is 31.4 Å². The lowest BCUT2D eigenvalue weighted by Crippen LogP contribution is -2.29. The van der Waals surface area contributed by atoms with Crippen molar-refractivity contribution in [2.75, 3.05) is 24.6 Å². The molecule has 0 N–H and O–H groups in total. The van der Waals surface area contributed by atoms with Crippen molar-refractivity contribution in [1.82, 2.24) is 4.90 Å². The Morgan fingerprint density at radius 1 is 1.12 bits per heavy atom. The zero-order valence-corrected chi connectivity index (χ0v) is 15.1. The second-order valence-electron chi connectivity index (χ2n) is 6.40. The number of anilines is 1. The summed E-state index contributed by atoms with van der Waals surface area (Å²) in [4.78, 5) is 16.2. The van der Waals surface area contributed by atoms with Gasteiger partial charge in [0.05, 0.1) is 6.61 Å². The van der Waals surface area contributed by atoms with Gasteiger partial charge in [0, 0.05) is 38.8 Å². The second-order valence-corrected chi connectivity index (χ2v) is 6.40. The maximum atomic E-state index is 11.9. The number of fused-ring (bicyclic) bond motifs is 1. The highest BCUT2D eigenvalue weighted by atomic mass is 16.5. The number of hydrogen-bond acceptors (Lipinski definition) is 3. The molecule has 132 valence electrons. The maximum Gasteiger partial charge on any atom is 0.223 e. The predicted molar refractivity (Wildman–Crippen MR) is 101 cm³/mol. The molecule has 0 aromatic heterocycles. The van der Waals surface area contributed by atoms with Crippen molar-refractivity contribution >= 4 is 11.6 Å². The highest BCUT2D eigenvalue weighted by molar-refractivity contribution is 5.92. The van der Waals surface area contributed by atoms with Crippen LogP contribution in [0.4, 0.5) is 5.69 Å². The molecule has 0 saturated heterocycles. The predicted octanol–water partition coefficient (Wildman–Crippen LogP) is 3.84. The van der Waals surface area contributed by atoms with Gasteiger partial charge in [-0.2, -0.15) is 0 Å². The SMILES string of the molecule is CCN(C(C)=O)c1cccc2c1CN(CCCOc1ccccc1)C2. The fourth-order valence-electron chi connectivity index (χ4n) is 3.44. The minimum Gasteiger partial charge on any atom is -0.494 e. The van der Waals surface area contributed by atoms with Gasteiger partial charge in [-0.1, -0.05) is 30.3 Å². The average molecular weight is 338 g/mol. The Labute approximate surface area is 150 Å². The summed E-state index contributed by atoms with van der Waals surface area (Å²) >= 11 is 0. The molecule has 1 amide bonds. The van der Waals surface area contributed by atoms with Gasteiger partial charge in [-0.05, 0) is 42.7 Å². The number of amides is 1. The Balaban J connectivity index is 1.55. The summed E-state index contributed by atoms with van der Waals surface area (Å²) in [5.74, 6) is 1.03. The van der Waals surface area contributed by atoms with Gasteiger partial charge in [0.1, 0.15) is 5.75 Å². The van der Waals surface area contributed by atoms with Crippen LogP contribution in [-0.2, 0) is 17.9 Å². The Kier molecular flexibility index (Phi) is 5.71. The second kappa shape index (κ2) is 8.17. The van der Waals surface area contributed by atoms with Crippen LogP contribution in [0.3, 0.4) is 0 Å². The third-order valence-corrected chi connectivity index (χ3v) is 4.64. The van der Waals surface area contributed by atoms with E-state index < -0.39 is 0 Å². The standard InChI is InChI=1S/C21H26N2O2/c1-3-23(17(2)24)21-12-7-9-18-15-22(16-20(18)21)13-8-14-25-19-10-5-4-6-11-19/h4-7,9-12H,3,8,13-16H2,1-2H3. The van der Waals surface area contributed by atoms with Gasteiger partial charge in [-0.3, -0.25) is 9.69 Å². The molecule has 0 atom stereocenters. The van der Waals surface area contributed by atoms with Gasteiger partial charge in [0.25, 0.3) is 0 Å². The van der Waals surface area contributed by atoms with E-state index in [0.717, 1.165) is 44.1 Å². The molecular formula is C21H26N2O2. The van der Waals surface area contributed by atoms with Crippen LogP contribution in [0.5, 0.6) is 5.75 Å². The molecule has 0 saturated carbocycles. The minimum absolute atomic E-state index is 0.102. The zero-order chi connectivity index (χ0) is 17.6. The van der Waals surface area contributed by atoms with Crippen molar-refractivity contribution in [3.05, 3.63) is 59.7 Å². The van der Waals surface area contributed by atoms with Crippen LogP contribution >= 0.6 is 0 Å². The van der Waals surface area contributed by atoms with Gasteiger partial charge in [0.15, 0.2) is 0 Å². The van der Waals surface area contributed by atoms with Crippen molar-refractivity contribution in [2.24, 2.45) is 0 Å². The van der Waals surface area contributed by atoms with Crippen molar-refractivity contribution in [2.45, 2.75) is 33.4 Å². The minimum atomic E-state index is 0.102. The van der Waals surface area contributed by atoms with Crippen molar-refractivity contribution < 1.29 is 9.53 Å². The van der Waals surface area contributed by atoms with Crippen LogP contribution in [0, 0.1) is 0 Å². The normalized spacial score (nSPS) is 13.5. The van der Waals surface area contributed by atoms with Crippen LogP contribution in [-0.4, -0.2) is 30.5 Å². The highest BCUT2D eigenvalue weighted by Crippen LogP contribution is 2.31. The van der Waals surface area contributed by atoms with Crippen LogP contribution in [0.15, 0.2) is 48.5 Å². The van der Waals surface area contributed by atoms with E-state index in [4.69, 9.17) is 4.74 Å². The molecule has 1 aliphatic rings. The molecule has 3 rings (SSSR count). The molecule has 25 heavy (non-hydrogen) atoms. The van der Waals surface area contributed by atoms with Gasteiger partial charge >= 0.3 is 0 Å². The summed E-state index contributed by atoms with van der Waals surface area (Å²) < 4.78 is 5.77. The lowest BCUT2D eigenvalue weighted by atomic mass is 10.1. The fraction of sp³-hybridized carbons (Fsp3) is 0.381. The zero-order valence-electron chi connectivity index (χ0n) is 15.1. The van der Waals surface area contributed by atoms with E-state index in [-0.39, 0.29) is 5.91 Å². The van der Waals surface area contributed by atoms with Gasteiger partial charge in [0.2, 0.25) is 5.91 Å². The number of hydrogen-bond donors (Lipinski definition) is 0. The molecule has 4 nitrogen and oxygen atoms in total. The third-order valence-electron chi connectivity index (χ3n) is 4.64. The summed E-state index contributed by atoms with van der Waals surface area (Å²) in [7, 11) is 0. The molecule has 2 aromatic rings. The molecule has 2 aromatic carbocycles. The van der Waals surface area contributed by atoms with Crippen molar-refractivity contribution in [1.29, 1.82) is 0 Å². The smallest absolute Gasteiger partial charge is 0.223 e. The number of benzene rings is 2. The molecule has 0 radical (unpaired) electrons. The Bertz CT molecular complexity index is 715. The first-order valence-corrected chi connectivity index (χ1v) is 8.98. The van der Waals surface area contributed by atoms with E-state index in [1.165, 1.54) is 11.1 Å². The summed E-state index contributed by atoms with van der Waals surface area (Å²) in [6.45, 7) is 7.93. The summed E-state index contributed by atoms with van der Waals surface area (Å²) in [5.41, 5.74) is 3.69.